The van der Waals surface area contributed by atoms with Crippen molar-refractivity contribution in [3.8, 4) is 0 Å². The summed E-state index contributed by atoms with van der Waals surface area (Å²) in [7, 11) is 0. The van der Waals surface area contributed by atoms with E-state index in [-0.39, 0.29) is 42.8 Å². The topological polar surface area (TPSA) is 108 Å². The summed E-state index contributed by atoms with van der Waals surface area (Å²) in [6.07, 6.45) is -0.994. The van der Waals surface area contributed by atoms with Crippen LogP contribution in [0.15, 0.2) is 11.8 Å². The zero-order valence-electron chi connectivity index (χ0n) is 13.7. The van der Waals surface area contributed by atoms with Gasteiger partial charge in [-0.2, -0.15) is 0 Å². The largest absolute Gasteiger partial charge is 0.542 e. The lowest BCUT2D eigenvalue weighted by Crippen LogP contribution is -2.47. The highest BCUT2D eigenvalue weighted by Gasteiger charge is 2.36. The van der Waals surface area contributed by atoms with Crippen LogP contribution in [0.4, 0.5) is 0 Å². The van der Waals surface area contributed by atoms with Crippen LogP contribution in [0.5, 0.6) is 0 Å². The van der Waals surface area contributed by atoms with Crippen molar-refractivity contribution in [3.63, 3.8) is 0 Å². The van der Waals surface area contributed by atoms with Crippen molar-refractivity contribution in [2.45, 2.75) is 45.2 Å². The van der Waals surface area contributed by atoms with Crippen LogP contribution < -0.4 is 5.11 Å². The van der Waals surface area contributed by atoms with E-state index in [0.29, 0.717) is 6.61 Å². The minimum atomic E-state index is -1.46. The molecule has 2 N–H and O–H groups in total. The molecule has 0 aromatic carbocycles. The Balaban J connectivity index is 1.88. The van der Waals surface area contributed by atoms with Gasteiger partial charge in [-0.1, -0.05) is 13.8 Å². The van der Waals surface area contributed by atoms with Crippen LogP contribution in [0.2, 0.25) is 0 Å². The van der Waals surface area contributed by atoms with Gasteiger partial charge >= 0.3 is 0 Å². The second kappa shape index (κ2) is 7.61. The molecule has 1 saturated heterocycles. The number of aliphatic carboxylic acids is 1. The molecule has 0 aliphatic carbocycles. The number of carboxylic acid groups (broad SMARTS) is 1. The first-order valence-electron chi connectivity index (χ1n) is 7.96. The molecule has 7 heteroatoms. The fourth-order valence-corrected chi connectivity index (χ4v) is 2.92. The van der Waals surface area contributed by atoms with Gasteiger partial charge in [-0.25, -0.2) is 0 Å². The molecule has 3 unspecified atom stereocenters. The molecule has 0 spiro atoms. The van der Waals surface area contributed by atoms with Crippen molar-refractivity contribution in [2.24, 2.45) is 17.8 Å². The predicted molar refractivity (Wildman–Crippen MR) is 78.0 cm³/mol. The summed E-state index contributed by atoms with van der Waals surface area (Å²) in [5.74, 6) is -2.24. The van der Waals surface area contributed by atoms with Crippen molar-refractivity contribution in [2.75, 3.05) is 19.8 Å². The van der Waals surface area contributed by atoms with E-state index in [4.69, 9.17) is 14.2 Å². The summed E-state index contributed by atoms with van der Waals surface area (Å²) in [6.45, 7) is 6.48. The van der Waals surface area contributed by atoms with Crippen molar-refractivity contribution in [1.82, 2.24) is 0 Å². The van der Waals surface area contributed by atoms with E-state index in [1.54, 1.807) is 6.92 Å². The molecular weight excluding hydrogens is 304 g/mol. The van der Waals surface area contributed by atoms with Gasteiger partial charge in [0.1, 0.15) is 17.8 Å². The molecule has 7 atom stereocenters. The number of ether oxygens (including phenoxy) is 3. The third-order valence-corrected chi connectivity index (χ3v) is 4.77. The summed E-state index contributed by atoms with van der Waals surface area (Å²) in [5, 5.41) is 31.0. The zero-order valence-corrected chi connectivity index (χ0v) is 13.7. The van der Waals surface area contributed by atoms with E-state index >= 15 is 0 Å². The first-order chi connectivity index (χ1) is 10.8. The number of rotatable bonds is 5. The summed E-state index contributed by atoms with van der Waals surface area (Å²) < 4.78 is 16.5. The highest BCUT2D eigenvalue weighted by Crippen LogP contribution is 2.27. The van der Waals surface area contributed by atoms with Gasteiger partial charge in [0.25, 0.3) is 0 Å². The van der Waals surface area contributed by atoms with Crippen LogP contribution in [-0.4, -0.2) is 60.4 Å². The second-order valence-electron chi connectivity index (χ2n) is 6.53. The molecule has 0 aromatic rings. The van der Waals surface area contributed by atoms with E-state index in [2.05, 4.69) is 0 Å². The first kappa shape index (κ1) is 18.2. The molecule has 7 nitrogen and oxygen atoms in total. The monoisotopic (exact) mass is 329 g/mol. The molecule has 1 fully saturated rings. The molecule has 0 bridgehead atoms. The molecule has 0 amide bonds. The molecule has 2 aliphatic heterocycles. The average Bonchev–Trinajstić information content (AvgIpc) is 2.50. The van der Waals surface area contributed by atoms with Crippen LogP contribution in [0.1, 0.15) is 20.8 Å². The number of aliphatic hydroxyl groups is 2. The third kappa shape index (κ3) is 4.23. The molecule has 23 heavy (non-hydrogen) atoms. The molecular formula is C16H25O7-. The molecule has 2 heterocycles. The Morgan fingerprint density at radius 2 is 2.04 bits per heavy atom. The maximum Gasteiger partial charge on any atom is 0.141 e. The number of aliphatic hydroxyl groups excluding tert-OH is 2. The Morgan fingerprint density at radius 3 is 2.70 bits per heavy atom. The smallest absolute Gasteiger partial charge is 0.141 e. The van der Waals surface area contributed by atoms with Crippen LogP contribution >= 0.6 is 0 Å². The standard InChI is InChI=1S/C16H26O7/c1-8-5-22-10(3)11(15(8)18)6-21-7-14-9(2)12(17)4-13(23-14)16(19)20/h4,8-12,14-15,17-18H,5-7H2,1-3H3,(H,19,20)/p-1/t8?,9?,10?,11-,12-,14-,15+/m0/s1. The highest BCUT2D eigenvalue weighted by molar-refractivity contribution is 5.82. The minimum absolute atomic E-state index is 0.0408. The van der Waals surface area contributed by atoms with Gasteiger partial charge in [0.05, 0.1) is 38.1 Å². The van der Waals surface area contributed by atoms with Crippen LogP contribution in [-0.2, 0) is 19.0 Å². The van der Waals surface area contributed by atoms with Gasteiger partial charge in [0.2, 0.25) is 0 Å². The summed E-state index contributed by atoms with van der Waals surface area (Å²) in [5.41, 5.74) is 0. The van der Waals surface area contributed by atoms with E-state index < -0.39 is 24.3 Å². The number of hydrogen-bond donors (Lipinski definition) is 2. The Morgan fingerprint density at radius 1 is 1.35 bits per heavy atom. The first-order valence-corrected chi connectivity index (χ1v) is 7.96. The third-order valence-electron chi connectivity index (χ3n) is 4.77. The molecule has 132 valence electrons. The molecule has 2 rings (SSSR count). The Kier molecular flexibility index (Phi) is 6.02. The summed E-state index contributed by atoms with van der Waals surface area (Å²) in [6, 6.07) is 0. The fourth-order valence-electron chi connectivity index (χ4n) is 2.92. The average molecular weight is 329 g/mol. The van der Waals surface area contributed by atoms with E-state index in [0.717, 1.165) is 6.08 Å². The van der Waals surface area contributed by atoms with Gasteiger partial charge in [-0.15, -0.1) is 0 Å². The maximum atomic E-state index is 10.9. The van der Waals surface area contributed by atoms with Crippen molar-refractivity contribution in [1.29, 1.82) is 0 Å². The van der Waals surface area contributed by atoms with Crippen molar-refractivity contribution in [3.05, 3.63) is 11.8 Å². The van der Waals surface area contributed by atoms with Gasteiger partial charge < -0.3 is 34.3 Å². The van der Waals surface area contributed by atoms with Gasteiger partial charge in [0, 0.05) is 17.8 Å². The summed E-state index contributed by atoms with van der Waals surface area (Å²) >= 11 is 0. The normalized spacial score (nSPS) is 41.1. The van der Waals surface area contributed by atoms with Crippen molar-refractivity contribution >= 4 is 5.97 Å². The summed E-state index contributed by atoms with van der Waals surface area (Å²) in [4.78, 5) is 10.9. The van der Waals surface area contributed by atoms with Crippen LogP contribution in [0, 0.1) is 17.8 Å². The molecule has 0 aromatic heterocycles. The minimum Gasteiger partial charge on any atom is -0.542 e. The number of hydrogen-bond acceptors (Lipinski definition) is 7. The number of carbonyl (C=O) groups excluding carboxylic acids is 1. The quantitative estimate of drug-likeness (QED) is 0.670. The van der Waals surface area contributed by atoms with Gasteiger partial charge in [0.15, 0.2) is 0 Å². The van der Waals surface area contributed by atoms with E-state index in [1.807, 2.05) is 13.8 Å². The van der Waals surface area contributed by atoms with E-state index in [9.17, 15) is 20.1 Å². The SMILES string of the molecule is CC1COC(C)[C@H](COC[C@@H]2OC(C(=O)[O-])=C[C@H](O)C2C)[C@@H]1O. The Bertz CT molecular complexity index is 450. The molecule has 0 saturated carbocycles. The van der Waals surface area contributed by atoms with Gasteiger partial charge in [-0.05, 0) is 13.0 Å². The lowest BCUT2D eigenvalue weighted by molar-refractivity contribution is -0.305. The number of carbonyl (C=O) groups is 1. The lowest BCUT2D eigenvalue weighted by Gasteiger charge is -2.38. The highest BCUT2D eigenvalue weighted by atomic mass is 16.6. The Hall–Kier alpha value is -1.15. The second-order valence-corrected chi connectivity index (χ2v) is 6.53. The molecule has 2 aliphatic rings. The maximum absolute atomic E-state index is 10.9. The van der Waals surface area contributed by atoms with Crippen molar-refractivity contribution < 1.29 is 34.3 Å². The lowest BCUT2D eigenvalue weighted by atomic mass is 9.87. The van der Waals surface area contributed by atoms with Crippen LogP contribution in [0.3, 0.4) is 0 Å². The van der Waals surface area contributed by atoms with Gasteiger partial charge in [-0.3, -0.25) is 0 Å². The van der Waals surface area contributed by atoms with E-state index in [1.165, 1.54) is 0 Å². The predicted octanol–water partition coefficient (Wildman–Crippen LogP) is -0.935. The molecule has 0 radical (unpaired) electrons. The fraction of sp³-hybridized carbons (Fsp3) is 0.812. The number of carboxylic acids is 1. The van der Waals surface area contributed by atoms with Crippen LogP contribution in [0.25, 0.3) is 0 Å². The zero-order chi connectivity index (χ0) is 17.1. The Labute approximate surface area is 135 Å².